The van der Waals surface area contributed by atoms with Crippen molar-refractivity contribution in [3.8, 4) is 0 Å². The van der Waals surface area contributed by atoms with Crippen molar-refractivity contribution in [2.45, 2.75) is 39.2 Å². The average molecular weight is 242 g/mol. The normalized spacial score (nSPS) is 11.6. The van der Waals surface area contributed by atoms with Crippen LogP contribution in [-0.2, 0) is 0 Å². The van der Waals surface area contributed by atoms with Crippen LogP contribution in [0.2, 0.25) is 5.02 Å². The van der Waals surface area contributed by atoms with E-state index in [-0.39, 0.29) is 0 Å². The van der Waals surface area contributed by atoms with E-state index in [2.05, 4.69) is 5.32 Å². The molecule has 0 aromatic heterocycles. The number of halogens is 1. The Hall–Kier alpha value is -0.730. The van der Waals surface area contributed by atoms with Gasteiger partial charge >= 0.3 is 0 Å². The molecule has 0 amide bonds. The van der Waals surface area contributed by atoms with Crippen molar-refractivity contribution >= 4 is 17.3 Å². The van der Waals surface area contributed by atoms with Crippen LogP contribution >= 0.6 is 11.6 Å². The highest BCUT2D eigenvalue weighted by molar-refractivity contribution is 6.31. The highest BCUT2D eigenvalue weighted by atomic mass is 35.5. The van der Waals surface area contributed by atoms with E-state index in [0.717, 1.165) is 29.1 Å². The molecule has 2 N–H and O–H groups in total. The summed E-state index contributed by atoms with van der Waals surface area (Å²) in [5.74, 6) is 0. The number of hydrogen-bond acceptors (Lipinski definition) is 2. The molecule has 0 aliphatic rings. The molecule has 0 heterocycles. The molecule has 1 rings (SSSR count). The largest absolute Gasteiger partial charge is 0.388 e. The van der Waals surface area contributed by atoms with Gasteiger partial charge in [-0.3, -0.25) is 0 Å². The first kappa shape index (κ1) is 13.3. The van der Waals surface area contributed by atoms with E-state index in [9.17, 15) is 5.11 Å². The number of benzene rings is 1. The van der Waals surface area contributed by atoms with E-state index in [0.29, 0.717) is 6.54 Å². The zero-order valence-corrected chi connectivity index (χ0v) is 10.9. The Balaban J connectivity index is 2.64. The maximum Gasteiger partial charge on any atom is 0.0814 e. The summed E-state index contributed by atoms with van der Waals surface area (Å²) in [5, 5.41) is 14.1. The van der Waals surface area contributed by atoms with Crippen LogP contribution in [0.15, 0.2) is 18.2 Å². The summed E-state index contributed by atoms with van der Waals surface area (Å²) in [6.07, 6.45) is 1.49. The molecule has 0 atom stereocenters. The summed E-state index contributed by atoms with van der Waals surface area (Å²) in [5.41, 5.74) is 1.39. The van der Waals surface area contributed by atoms with Crippen LogP contribution in [0.1, 0.15) is 32.3 Å². The van der Waals surface area contributed by atoms with Crippen molar-refractivity contribution in [1.29, 1.82) is 0 Å². The smallest absolute Gasteiger partial charge is 0.0814 e. The van der Waals surface area contributed by atoms with E-state index in [4.69, 9.17) is 11.6 Å². The third-order valence-electron chi connectivity index (χ3n) is 3.11. The topological polar surface area (TPSA) is 32.3 Å². The van der Waals surface area contributed by atoms with Gasteiger partial charge in [-0.15, -0.1) is 0 Å². The molecule has 0 unspecified atom stereocenters. The number of hydrogen-bond donors (Lipinski definition) is 2. The molecule has 0 radical (unpaired) electrons. The molecule has 2 nitrogen and oxygen atoms in total. The molecular formula is C13H20ClNO. The minimum Gasteiger partial charge on any atom is -0.388 e. The molecule has 1 aromatic rings. The minimum absolute atomic E-state index is 0.555. The Morgan fingerprint density at radius 3 is 2.44 bits per heavy atom. The van der Waals surface area contributed by atoms with Gasteiger partial charge in [0.2, 0.25) is 0 Å². The Bertz CT molecular complexity index is 348. The molecule has 0 bridgehead atoms. The van der Waals surface area contributed by atoms with E-state index in [1.54, 1.807) is 0 Å². The van der Waals surface area contributed by atoms with Crippen LogP contribution in [0.4, 0.5) is 5.69 Å². The molecule has 0 spiro atoms. The molecule has 0 fully saturated rings. The first-order valence-corrected chi connectivity index (χ1v) is 6.11. The number of nitrogens with one attached hydrogen (secondary N) is 1. The second kappa shape index (κ2) is 5.55. The highest BCUT2D eigenvalue weighted by Gasteiger charge is 2.21. The first-order valence-electron chi connectivity index (χ1n) is 5.73. The molecule has 0 saturated heterocycles. The van der Waals surface area contributed by atoms with Gasteiger partial charge in [0, 0.05) is 17.3 Å². The van der Waals surface area contributed by atoms with Gasteiger partial charge in [0.1, 0.15) is 0 Å². The zero-order valence-electron chi connectivity index (χ0n) is 10.2. The van der Waals surface area contributed by atoms with Crippen molar-refractivity contribution in [1.82, 2.24) is 0 Å². The maximum absolute atomic E-state index is 10.1. The summed E-state index contributed by atoms with van der Waals surface area (Å²) in [7, 11) is 0. The fourth-order valence-electron chi connectivity index (χ4n) is 1.47. The second-order valence-electron chi connectivity index (χ2n) is 4.25. The lowest BCUT2D eigenvalue weighted by Gasteiger charge is -2.26. The van der Waals surface area contributed by atoms with Crippen molar-refractivity contribution in [2.75, 3.05) is 11.9 Å². The SMILES string of the molecule is CCC(O)(CC)CNc1ccc(C)c(Cl)c1. The van der Waals surface area contributed by atoms with Crippen LogP contribution in [0, 0.1) is 6.92 Å². The van der Waals surface area contributed by atoms with Crippen molar-refractivity contribution in [3.63, 3.8) is 0 Å². The summed E-state index contributed by atoms with van der Waals surface area (Å²) < 4.78 is 0. The maximum atomic E-state index is 10.1. The lowest BCUT2D eigenvalue weighted by Crippen LogP contribution is -2.35. The third kappa shape index (κ3) is 3.39. The fourth-order valence-corrected chi connectivity index (χ4v) is 1.65. The number of aryl methyl sites for hydroxylation is 1. The summed E-state index contributed by atoms with van der Waals surface area (Å²) >= 11 is 6.03. The van der Waals surface area contributed by atoms with E-state index in [1.807, 2.05) is 39.0 Å². The lowest BCUT2D eigenvalue weighted by molar-refractivity contribution is 0.0457. The molecule has 0 saturated carbocycles. The predicted octanol–water partition coefficient (Wildman–Crippen LogP) is 3.61. The molecule has 1 aromatic carbocycles. The van der Waals surface area contributed by atoms with Crippen molar-refractivity contribution in [2.24, 2.45) is 0 Å². The van der Waals surface area contributed by atoms with Gasteiger partial charge in [-0.2, -0.15) is 0 Å². The Morgan fingerprint density at radius 1 is 1.31 bits per heavy atom. The van der Waals surface area contributed by atoms with Crippen LogP contribution in [-0.4, -0.2) is 17.3 Å². The number of rotatable bonds is 5. The molecule has 90 valence electrons. The molecule has 0 aliphatic carbocycles. The molecule has 0 aliphatic heterocycles. The summed E-state index contributed by atoms with van der Waals surface area (Å²) in [6.45, 7) is 6.51. The van der Waals surface area contributed by atoms with Crippen LogP contribution in [0.3, 0.4) is 0 Å². The minimum atomic E-state index is -0.628. The number of aliphatic hydroxyl groups is 1. The fraction of sp³-hybridized carbons (Fsp3) is 0.538. The van der Waals surface area contributed by atoms with Gasteiger partial charge in [-0.25, -0.2) is 0 Å². The number of anilines is 1. The van der Waals surface area contributed by atoms with Gasteiger partial charge in [0.25, 0.3) is 0 Å². The van der Waals surface area contributed by atoms with Gasteiger partial charge in [-0.1, -0.05) is 31.5 Å². The monoisotopic (exact) mass is 241 g/mol. The first-order chi connectivity index (χ1) is 7.50. The molecule has 3 heteroatoms. The standard InChI is InChI=1S/C13H20ClNO/c1-4-13(16,5-2)9-15-11-7-6-10(3)12(14)8-11/h6-8,15-16H,4-5,9H2,1-3H3. The van der Waals surface area contributed by atoms with Crippen LogP contribution in [0.5, 0.6) is 0 Å². The Labute approximate surface area is 103 Å². The van der Waals surface area contributed by atoms with Gasteiger partial charge in [0.15, 0.2) is 0 Å². The lowest BCUT2D eigenvalue weighted by atomic mass is 9.97. The second-order valence-corrected chi connectivity index (χ2v) is 4.66. The molecular weight excluding hydrogens is 222 g/mol. The Morgan fingerprint density at radius 2 is 1.94 bits per heavy atom. The summed E-state index contributed by atoms with van der Waals surface area (Å²) in [4.78, 5) is 0. The highest BCUT2D eigenvalue weighted by Crippen LogP contribution is 2.21. The van der Waals surface area contributed by atoms with Crippen LogP contribution < -0.4 is 5.32 Å². The molecule has 16 heavy (non-hydrogen) atoms. The zero-order chi connectivity index (χ0) is 12.2. The van der Waals surface area contributed by atoms with E-state index in [1.165, 1.54) is 0 Å². The van der Waals surface area contributed by atoms with Crippen molar-refractivity contribution < 1.29 is 5.11 Å². The van der Waals surface area contributed by atoms with E-state index >= 15 is 0 Å². The quantitative estimate of drug-likeness (QED) is 0.826. The van der Waals surface area contributed by atoms with E-state index < -0.39 is 5.60 Å². The van der Waals surface area contributed by atoms with Crippen molar-refractivity contribution in [3.05, 3.63) is 28.8 Å². The average Bonchev–Trinajstić information content (AvgIpc) is 2.30. The van der Waals surface area contributed by atoms with Gasteiger partial charge in [0.05, 0.1) is 5.60 Å². The summed E-state index contributed by atoms with van der Waals surface area (Å²) in [6, 6.07) is 5.84. The van der Waals surface area contributed by atoms with Gasteiger partial charge in [-0.05, 0) is 37.5 Å². The third-order valence-corrected chi connectivity index (χ3v) is 3.52. The van der Waals surface area contributed by atoms with Gasteiger partial charge < -0.3 is 10.4 Å². The Kier molecular flexibility index (Phi) is 4.63. The predicted molar refractivity (Wildman–Crippen MR) is 70.2 cm³/mol. The van der Waals surface area contributed by atoms with Crippen LogP contribution in [0.25, 0.3) is 0 Å².